The zero-order valence-corrected chi connectivity index (χ0v) is 10.7. The van der Waals surface area contributed by atoms with Crippen molar-refractivity contribution in [1.29, 1.82) is 0 Å². The number of aliphatic carboxylic acids is 1. The van der Waals surface area contributed by atoms with Crippen molar-refractivity contribution < 1.29 is 15.0 Å². The van der Waals surface area contributed by atoms with Gasteiger partial charge in [-0.15, -0.1) is 0 Å². The van der Waals surface area contributed by atoms with Gasteiger partial charge in [0.25, 0.3) is 0 Å². The molecular formula is C14H26O3. The van der Waals surface area contributed by atoms with Crippen molar-refractivity contribution in [3.8, 4) is 0 Å². The highest BCUT2D eigenvalue weighted by Gasteiger charge is 1.95. The summed E-state index contributed by atoms with van der Waals surface area (Å²) in [5.41, 5.74) is 0. The van der Waals surface area contributed by atoms with Crippen LogP contribution in [0.2, 0.25) is 0 Å². The Morgan fingerprint density at radius 2 is 1.35 bits per heavy atom. The second kappa shape index (κ2) is 13.2. The Morgan fingerprint density at radius 3 is 1.94 bits per heavy atom. The highest BCUT2D eigenvalue weighted by molar-refractivity contribution is 5.66. The van der Waals surface area contributed by atoms with Gasteiger partial charge in [0, 0.05) is 13.0 Å². The molecule has 0 radical (unpaired) electrons. The summed E-state index contributed by atoms with van der Waals surface area (Å²) >= 11 is 0. The average molecular weight is 242 g/mol. The number of aliphatic hydroxyl groups is 1. The summed E-state index contributed by atoms with van der Waals surface area (Å²) in [6.45, 7) is 0.296. The van der Waals surface area contributed by atoms with Crippen LogP contribution in [0.15, 0.2) is 12.2 Å². The monoisotopic (exact) mass is 242 g/mol. The Morgan fingerprint density at radius 1 is 0.824 bits per heavy atom. The lowest BCUT2D eigenvalue weighted by Gasteiger charge is -1.98. The van der Waals surface area contributed by atoms with Crippen LogP contribution < -0.4 is 0 Å². The van der Waals surface area contributed by atoms with Crippen molar-refractivity contribution in [3.05, 3.63) is 12.2 Å². The number of carboxylic acids is 1. The highest BCUT2D eigenvalue weighted by Crippen LogP contribution is 2.08. The number of unbranched alkanes of at least 4 members (excludes halogenated alkanes) is 7. The SMILES string of the molecule is O=C(O)CCCCCCC/C=C\CCCCO. The summed E-state index contributed by atoms with van der Waals surface area (Å²) in [5, 5.41) is 17.0. The third-order valence-electron chi connectivity index (χ3n) is 2.71. The van der Waals surface area contributed by atoms with Gasteiger partial charge in [-0.05, 0) is 38.5 Å². The molecule has 100 valence electrons. The number of hydrogen-bond acceptors (Lipinski definition) is 2. The van der Waals surface area contributed by atoms with E-state index in [2.05, 4.69) is 12.2 Å². The number of aliphatic hydroxyl groups excluding tert-OH is 1. The van der Waals surface area contributed by atoms with Crippen LogP contribution in [0.3, 0.4) is 0 Å². The third kappa shape index (κ3) is 15.2. The Balaban J connectivity index is 3.05. The fraction of sp³-hybridized carbons (Fsp3) is 0.786. The molecule has 0 heterocycles. The van der Waals surface area contributed by atoms with Crippen LogP contribution in [0.5, 0.6) is 0 Å². The normalized spacial score (nSPS) is 11.1. The van der Waals surface area contributed by atoms with Crippen molar-refractivity contribution in [2.75, 3.05) is 6.61 Å². The molecule has 0 aliphatic heterocycles. The predicted molar refractivity (Wildman–Crippen MR) is 70.0 cm³/mol. The highest BCUT2D eigenvalue weighted by atomic mass is 16.4. The molecule has 0 aromatic carbocycles. The average Bonchev–Trinajstić information content (AvgIpc) is 2.30. The molecule has 0 atom stereocenters. The minimum Gasteiger partial charge on any atom is -0.481 e. The van der Waals surface area contributed by atoms with E-state index in [0.717, 1.165) is 44.9 Å². The van der Waals surface area contributed by atoms with Crippen LogP contribution >= 0.6 is 0 Å². The molecule has 0 saturated heterocycles. The molecule has 3 heteroatoms. The van der Waals surface area contributed by atoms with E-state index in [-0.39, 0.29) is 0 Å². The Labute approximate surface area is 105 Å². The number of hydrogen-bond donors (Lipinski definition) is 2. The largest absolute Gasteiger partial charge is 0.481 e. The lowest BCUT2D eigenvalue weighted by molar-refractivity contribution is -0.137. The standard InChI is InChI=1S/C14H26O3/c15-13-11-9-7-5-3-1-2-4-6-8-10-12-14(16)17/h3,5,15H,1-2,4,6-13H2,(H,16,17)/b5-3-. The fourth-order valence-corrected chi connectivity index (χ4v) is 1.68. The molecule has 0 unspecified atom stereocenters. The summed E-state index contributed by atoms with van der Waals surface area (Å²) < 4.78 is 0. The minimum absolute atomic E-state index is 0.296. The van der Waals surface area contributed by atoms with Gasteiger partial charge in [0.15, 0.2) is 0 Å². The Bertz CT molecular complexity index is 200. The number of allylic oxidation sites excluding steroid dienone is 2. The molecule has 0 spiro atoms. The molecule has 3 nitrogen and oxygen atoms in total. The fourth-order valence-electron chi connectivity index (χ4n) is 1.68. The van der Waals surface area contributed by atoms with Gasteiger partial charge in [0.1, 0.15) is 0 Å². The van der Waals surface area contributed by atoms with Gasteiger partial charge in [-0.2, -0.15) is 0 Å². The molecule has 17 heavy (non-hydrogen) atoms. The zero-order valence-electron chi connectivity index (χ0n) is 10.7. The smallest absolute Gasteiger partial charge is 0.303 e. The molecule has 0 aromatic rings. The Kier molecular flexibility index (Phi) is 12.6. The summed E-state index contributed by atoms with van der Waals surface area (Å²) in [5.74, 6) is -0.684. The first-order valence-corrected chi connectivity index (χ1v) is 6.75. The first kappa shape index (κ1) is 16.2. The quantitative estimate of drug-likeness (QED) is 0.406. The van der Waals surface area contributed by atoms with Gasteiger partial charge in [-0.1, -0.05) is 31.4 Å². The van der Waals surface area contributed by atoms with Crippen LogP contribution in [0.25, 0.3) is 0 Å². The van der Waals surface area contributed by atoms with E-state index in [1.165, 1.54) is 12.8 Å². The topological polar surface area (TPSA) is 57.5 Å². The van der Waals surface area contributed by atoms with Crippen molar-refractivity contribution in [1.82, 2.24) is 0 Å². The molecule has 0 aromatic heterocycles. The molecule has 0 fully saturated rings. The Hall–Kier alpha value is -0.830. The number of rotatable bonds is 12. The lowest BCUT2D eigenvalue weighted by atomic mass is 10.1. The van der Waals surface area contributed by atoms with Gasteiger partial charge in [-0.25, -0.2) is 0 Å². The molecule has 0 aliphatic rings. The van der Waals surface area contributed by atoms with E-state index in [1.807, 2.05) is 0 Å². The number of carboxylic acid groups (broad SMARTS) is 1. The van der Waals surface area contributed by atoms with Gasteiger partial charge in [-0.3, -0.25) is 4.79 Å². The van der Waals surface area contributed by atoms with E-state index in [9.17, 15) is 4.79 Å². The maximum absolute atomic E-state index is 10.3. The molecule has 0 bridgehead atoms. The minimum atomic E-state index is -0.684. The molecule has 0 amide bonds. The molecule has 0 aliphatic carbocycles. The number of carbonyl (C=O) groups is 1. The van der Waals surface area contributed by atoms with Crippen LogP contribution in [0, 0.1) is 0 Å². The van der Waals surface area contributed by atoms with E-state index in [4.69, 9.17) is 10.2 Å². The van der Waals surface area contributed by atoms with E-state index < -0.39 is 5.97 Å². The van der Waals surface area contributed by atoms with Crippen LogP contribution in [0.1, 0.15) is 64.2 Å². The molecule has 0 saturated carbocycles. The molecule has 0 rings (SSSR count). The van der Waals surface area contributed by atoms with Gasteiger partial charge < -0.3 is 10.2 Å². The van der Waals surface area contributed by atoms with Gasteiger partial charge in [0.2, 0.25) is 0 Å². The van der Waals surface area contributed by atoms with Crippen LogP contribution in [0.4, 0.5) is 0 Å². The van der Waals surface area contributed by atoms with Crippen molar-refractivity contribution in [2.45, 2.75) is 64.2 Å². The molecular weight excluding hydrogens is 216 g/mol. The summed E-state index contributed by atoms with van der Waals surface area (Å²) in [6, 6.07) is 0. The second-order valence-electron chi connectivity index (χ2n) is 4.39. The van der Waals surface area contributed by atoms with Crippen LogP contribution in [-0.4, -0.2) is 22.8 Å². The van der Waals surface area contributed by atoms with Crippen LogP contribution in [-0.2, 0) is 4.79 Å². The molecule has 2 N–H and O–H groups in total. The van der Waals surface area contributed by atoms with Crippen molar-refractivity contribution >= 4 is 5.97 Å². The van der Waals surface area contributed by atoms with E-state index in [0.29, 0.717) is 13.0 Å². The van der Waals surface area contributed by atoms with E-state index >= 15 is 0 Å². The van der Waals surface area contributed by atoms with Crippen molar-refractivity contribution in [3.63, 3.8) is 0 Å². The van der Waals surface area contributed by atoms with Crippen molar-refractivity contribution in [2.24, 2.45) is 0 Å². The summed E-state index contributed by atoms with van der Waals surface area (Å²) in [4.78, 5) is 10.3. The summed E-state index contributed by atoms with van der Waals surface area (Å²) in [6.07, 6.45) is 14.3. The third-order valence-corrected chi connectivity index (χ3v) is 2.71. The summed E-state index contributed by atoms with van der Waals surface area (Å²) in [7, 11) is 0. The van der Waals surface area contributed by atoms with Gasteiger partial charge >= 0.3 is 5.97 Å². The zero-order chi connectivity index (χ0) is 12.8. The first-order valence-electron chi connectivity index (χ1n) is 6.75. The lowest BCUT2D eigenvalue weighted by Crippen LogP contribution is -1.93. The maximum Gasteiger partial charge on any atom is 0.303 e. The van der Waals surface area contributed by atoms with Gasteiger partial charge in [0.05, 0.1) is 0 Å². The predicted octanol–water partition coefficient (Wildman–Crippen LogP) is 3.52. The van der Waals surface area contributed by atoms with E-state index in [1.54, 1.807) is 0 Å². The maximum atomic E-state index is 10.3. The first-order chi connectivity index (χ1) is 8.27. The second-order valence-corrected chi connectivity index (χ2v) is 4.39.